The second-order valence-corrected chi connectivity index (χ2v) is 6.32. The van der Waals surface area contributed by atoms with E-state index < -0.39 is 0 Å². The number of nitrogen functional groups attached to an aromatic ring is 2. The standard InChI is InChI=1S/C19H22N6O2/c20-15-5-7-16(8-6-15)23-19(27)25-11-9-24(10-12-25)18(26)14-3-1-13(2-4-14)17(21)22/h1-8H,9-12,20H2,(H3,21,22)(H,23,27). The van der Waals surface area contributed by atoms with Gasteiger partial charge in [0.25, 0.3) is 5.91 Å². The largest absolute Gasteiger partial charge is 0.399 e. The van der Waals surface area contributed by atoms with Crippen molar-refractivity contribution < 1.29 is 9.59 Å². The Bertz CT molecular complexity index is 840. The molecule has 1 saturated heterocycles. The SMILES string of the molecule is N=C(N)c1ccc(C(=O)N2CCN(C(=O)Nc3ccc(N)cc3)CC2)cc1. The second kappa shape index (κ2) is 7.77. The smallest absolute Gasteiger partial charge is 0.321 e. The van der Waals surface area contributed by atoms with Crippen LogP contribution in [0, 0.1) is 5.41 Å². The van der Waals surface area contributed by atoms with E-state index >= 15 is 0 Å². The van der Waals surface area contributed by atoms with Crippen molar-refractivity contribution in [1.82, 2.24) is 9.80 Å². The van der Waals surface area contributed by atoms with E-state index in [1.54, 1.807) is 58.3 Å². The van der Waals surface area contributed by atoms with Crippen molar-refractivity contribution in [3.05, 3.63) is 59.7 Å². The molecule has 1 aliphatic rings. The molecule has 3 amide bonds. The lowest BCUT2D eigenvalue weighted by atomic mass is 10.1. The number of piperazine rings is 1. The zero-order chi connectivity index (χ0) is 19.4. The molecule has 3 rings (SSSR count). The lowest BCUT2D eigenvalue weighted by Crippen LogP contribution is -2.51. The van der Waals surface area contributed by atoms with Gasteiger partial charge in [-0.05, 0) is 36.4 Å². The zero-order valence-corrected chi connectivity index (χ0v) is 14.8. The van der Waals surface area contributed by atoms with Crippen LogP contribution in [-0.4, -0.2) is 53.8 Å². The molecule has 2 aromatic rings. The molecule has 0 saturated carbocycles. The molecule has 8 heteroatoms. The van der Waals surface area contributed by atoms with Crippen molar-refractivity contribution in [2.24, 2.45) is 5.73 Å². The van der Waals surface area contributed by atoms with Gasteiger partial charge in [-0.1, -0.05) is 12.1 Å². The minimum absolute atomic E-state index is 0.0327. The van der Waals surface area contributed by atoms with Crippen LogP contribution in [0.2, 0.25) is 0 Å². The molecule has 0 spiro atoms. The Morgan fingerprint density at radius 1 is 0.852 bits per heavy atom. The van der Waals surface area contributed by atoms with E-state index in [2.05, 4.69) is 5.32 Å². The van der Waals surface area contributed by atoms with Gasteiger partial charge in [-0.15, -0.1) is 0 Å². The molecule has 27 heavy (non-hydrogen) atoms. The maximum Gasteiger partial charge on any atom is 0.321 e. The molecular formula is C19H22N6O2. The molecule has 0 aliphatic carbocycles. The van der Waals surface area contributed by atoms with Crippen LogP contribution in [0.1, 0.15) is 15.9 Å². The van der Waals surface area contributed by atoms with Crippen LogP contribution in [0.5, 0.6) is 0 Å². The van der Waals surface area contributed by atoms with Crippen molar-refractivity contribution in [2.75, 3.05) is 37.2 Å². The van der Waals surface area contributed by atoms with Gasteiger partial charge in [-0.3, -0.25) is 10.2 Å². The summed E-state index contributed by atoms with van der Waals surface area (Å²) >= 11 is 0. The zero-order valence-electron chi connectivity index (χ0n) is 14.8. The third-order valence-corrected chi connectivity index (χ3v) is 4.46. The maximum atomic E-state index is 12.6. The summed E-state index contributed by atoms with van der Waals surface area (Å²) in [5.74, 6) is -0.126. The van der Waals surface area contributed by atoms with Gasteiger partial charge in [0.2, 0.25) is 0 Å². The van der Waals surface area contributed by atoms with Crippen LogP contribution >= 0.6 is 0 Å². The van der Waals surface area contributed by atoms with Crippen molar-refractivity contribution in [2.45, 2.75) is 0 Å². The molecule has 140 valence electrons. The lowest BCUT2D eigenvalue weighted by molar-refractivity contribution is 0.0671. The molecule has 0 unspecified atom stereocenters. The molecule has 8 nitrogen and oxygen atoms in total. The fourth-order valence-corrected chi connectivity index (χ4v) is 2.86. The van der Waals surface area contributed by atoms with Crippen LogP contribution in [0.3, 0.4) is 0 Å². The van der Waals surface area contributed by atoms with E-state index in [9.17, 15) is 9.59 Å². The number of carbonyl (C=O) groups excluding carboxylic acids is 2. The van der Waals surface area contributed by atoms with Crippen LogP contribution in [0.4, 0.5) is 16.2 Å². The average molecular weight is 366 g/mol. The Hall–Kier alpha value is -3.55. The topological polar surface area (TPSA) is 129 Å². The summed E-state index contributed by atoms with van der Waals surface area (Å²) in [7, 11) is 0. The molecule has 6 N–H and O–H groups in total. The van der Waals surface area contributed by atoms with Crippen LogP contribution in [0.15, 0.2) is 48.5 Å². The summed E-state index contributed by atoms with van der Waals surface area (Å²) in [5.41, 5.74) is 13.5. The highest BCUT2D eigenvalue weighted by Crippen LogP contribution is 2.14. The van der Waals surface area contributed by atoms with Gasteiger partial charge in [-0.25, -0.2) is 4.79 Å². The molecule has 1 aliphatic heterocycles. The predicted molar refractivity (Wildman–Crippen MR) is 105 cm³/mol. The highest BCUT2D eigenvalue weighted by Gasteiger charge is 2.25. The number of nitrogens with zero attached hydrogens (tertiary/aromatic N) is 2. The lowest BCUT2D eigenvalue weighted by Gasteiger charge is -2.34. The number of anilines is 2. The number of urea groups is 1. The molecule has 1 fully saturated rings. The molecule has 0 radical (unpaired) electrons. The van der Waals surface area contributed by atoms with Gasteiger partial charge in [0, 0.05) is 48.7 Å². The van der Waals surface area contributed by atoms with Gasteiger partial charge < -0.3 is 26.6 Å². The molecule has 1 heterocycles. The quantitative estimate of drug-likeness (QED) is 0.373. The van der Waals surface area contributed by atoms with E-state index in [0.29, 0.717) is 48.7 Å². The van der Waals surface area contributed by atoms with E-state index in [0.717, 1.165) is 0 Å². The van der Waals surface area contributed by atoms with Gasteiger partial charge in [0.05, 0.1) is 0 Å². The number of amidine groups is 1. The van der Waals surface area contributed by atoms with Gasteiger partial charge >= 0.3 is 6.03 Å². The van der Waals surface area contributed by atoms with Crippen LogP contribution < -0.4 is 16.8 Å². The predicted octanol–water partition coefficient (Wildman–Crippen LogP) is 1.54. The van der Waals surface area contributed by atoms with E-state index in [1.807, 2.05) is 0 Å². The Kier molecular flexibility index (Phi) is 5.25. The highest BCUT2D eigenvalue weighted by molar-refractivity contribution is 5.98. The number of nitrogens with two attached hydrogens (primary N) is 2. The fourth-order valence-electron chi connectivity index (χ4n) is 2.86. The van der Waals surface area contributed by atoms with Gasteiger partial charge in [0.1, 0.15) is 5.84 Å². The van der Waals surface area contributed by atoms with E-state index in [4.69, 9.17) is 16.9 Å². The molecule has 2 aromatic carbocycles. The normalized spacial score (nSPS) is 13.9. The minimum Gasteiger partial charge on any atom is -0.399 e. The summed E-state index contributed by atoms with van der Waals surface area (Å²) < 4.78 is 0. The summed E-state index contributed by atoms with van der Waals surface area (Å²) in [6.07, 6.45) is 0. The number of carbonyl (C=O) groups is 2. The second-order valence-electron chi connectivity index (χ2n) is 6.32. The van der Waals surface area contributed by atoms with Crippen molar-refractivity contribution in [1.29, 1.82) is 5.41 Å². The molecule has 0 aromatic heterocycles. The van der Waals surface area contributed by atoms with Crippen molar-refractivity contribution in [3.8, 4) is 0 Å². The Labute approximate surface area is 157 Å². The summed E-state index contributed by atoms with van der Waals surface area (Å²) in [4.78, 5) is 28.3. The van der Waals surface area contributed by atoms with E-state index in [-0.39, 0.29) is 17.8 Å². The van der Waals surface area contributed by atoms with Crippen LogP contribution in [-0.2, 0) is 0 Å². The first-order valence-electron chi connectivity index (χ1n) is 8.59. The first kappa shape index (κ1) is 18.2. The average Bonchev–Trinajstić information content (AvgIpc) is 2.69. The first-order chi connectivity index (χ1) is 12.9. The summed E-state index contributed by atoms with van der Waals surface area (Å²) in [6.45, 7) is 1.83. The number of amides is 3. The molecule has 0 atom stereocenters. The van der Waals surface area contributed by atoms with Gasteiger partial charge in [-0.2, -0.15) is 0 Å². The van der Waals surface area contributed by atoms with Crippen molar-refractivity contribution in [3.63, 3.8) is 0 Å². The number of rotatable bonds is 3. The summed E-state index contributed by atoms with van der Waals surface area (Å²) in [6, 6.07) is 13.4. The Morgan fingerprint density at radius 3 is 1.93 bits per heavy atom. The molecular weight excluding hydrogens is 344 g/mol. The summed E-state index contributed by atoms with van der Waals surface area (Å²) in [5, 5.41) is 10.2. The third kappa shape index (κ3) is 4.35. The fraction of sp³-hybridized carbons (Fsp3) is 0.211. The van der Waals surface area contributed by atoms with Gasteiger partial charge in [0.15, 0.2) is 0 Å². The third-order valence-electron chi connectivity index (χ3n) is 4.46. The molecule has 0 bridgehead atoms. The monoisotopic (exact) mass is 366 g/mol. The van der Waals surface area contributed by atoms with Crippen LogP contribution in [0.25, 0.3) is 0 Å². The Morgan fingerprint density at radius 2 is 1.37 bits per heavy atom. The maximum absolute atomic E-state index is 12.6. The Balaban J connectivity index is 1.54. The minimum atomic E-state index is -0.197. The number of hydrogen-bond donors (Lipinski definition) is 4. The van der Waals surface area contributed by atoms with E-state index in [1.165, 1.54) is 0 Å². The number of benzene rings is 2. The number of hydrogen-bond acceptors (Lipinski definition) is 4. The number of nitrogens with one attached hydrogen (secondary N) is 2. The first-order valence-corrected chi connectivity index (χ1v) is 8.59. The van der Waals surface area contributed by atoms with Crippen molar-refractivity contribution >= 4 is 29.1 Å². The highest BCUT2D eigenvalue weighted by atomic mass is 16.2.